The van der Waals surface area contributed by atoms with Gasteiger partial charge in [0.25, 0.3) is 0 Å². The number of alkyl carbamates (subject to hydrolysis) is 1. The SMILES string of the molecule is CC(C)CC(CP(=O)(O)C(CC1CCCCC1)NC(=O)OCc1ccccc1)NC=O. The molecule has 8 heteroatoms. The molecule has 0 bridgehead atoms. The second kappa shape index (κ2) is 12.9. The molecule has 2 rings (SSSR count). The molecule has 7 nitrogen and oxygen atoms in total. The summed E-state index contributed by atoms with van der Waals surface area (Å²) >= 11 is 0. The molecule has 1 aromatic rings. The highest BCUT2D eigenvalue weighted by Crippen LogP contribution is 2.49. The molecule has 0 radical (unpaired) electrons. The Bertz CT molecular complexity index is 722. The summed E-state index contributed by atoms with van der Waals surface area (Å²) in [4.78, 5) is 34.4. The molecule has 0 heterocycles. The zero-order valence-electron chi connectivity index (χ0n) is 18.7. The van der Waals surface area contributed by atoms with Gasteiger partial charge < -0.3 is 20.3 Å². The van der Waals surface area contributed by atoms with Gasteiger partial charge >= 0.3 is 6.09 Å². The molecule has 31 heavy (non-hydrogen) atoms. The van der Waals surface area contributed by atoms with Crippen LogP contribution in [0.15, 0.2) is 30.3 Å². The Hall–Kier alpha value is -1.85. The topological polar surface area (TPSA) is 105 Å². The maximum absolute atomic E-state index is 13.4. The lowest BCUT2D eigenvalue weighted by Gasteiger charge is -2.31. The molecular weight excluding hydrogens is 415 g/mol. The minimum atomic E-state index is -3.79. The number of hydrogen-bond donors (Lipinski definition) is 3. The van der Waals surface area contributed by atoms with Crippen molar-refractivity contribution in [1.29, 1.82) is 0 Å². The minimum Gasteiger partial charge on any atom is -0.445 e. The van der Waals surface area contributed by atoms with Gasteiger partial charge in [-0.05, 0) is 30.2 Å². The van der Waals surface area contributed by atoms with E-state index in [0.29, 0.717) is 25.2 Å². The van der Waals surface area contributed by atoms with E-state index in [1.54, 1.807) is 0 Å². The zero-order chi connectivity index (χ0) is 22.7. The van der Waals surface area contributed by atoms with Crippen LogP contribution in [0.25, 0.3) is 0 Å². The monoisotopic (exact) mass is 452 g/mol. The van der Waals surface area contributed by atoms with Crippen LogP contribution in [0.1, 0.15) is 64.4 Å². The Labute approximate surface area is 185 Å². The summed E-state index contributed by atoms with van der Waals surface area (Å²) in [7, 11) is -3.79. The van der Waals surface area contributed by atoms with Crippen molar-refractivity contribution in [3.8, 4) is 0 Å². The van der Waals surface area contributed by atoms with Crippen LogP contribution in [-0.4, -0.2) is 35.4 Å². The van der Waals surface area contributed by atoms with Gasteiger partial charge in [0.2, 0.25) is 13.8 Å². The quantitative estimate of drug-likeness (QED) is 0.317. The number of benzene rings is 1. The minimum absolute atomic E-state index is 0.0692. The molecule has 3 N–H and O–H groups in total. The fourth-order valence-corrected chi connectivity index (χ4v) is 6.34. The number of rotatable bonds is 12. The smallest absolute Gasteiger partial charge is 0.408 e. The van der Waals surface area contributed by atoms with E-state index in [9.17, 15) is 19.0 Å². The Morgan fingerprint density at radius 2 is 1.90 bits per heavy atom. The predicted molar refractivity (Wildman–Crippen MR) is 122 cm³/mol. The lowest BCUT2D eigenvalue weighted by Crippen LogP contribution is -2.40. The fourth-order valence-electron chi connectivity index (χ4n) is 4.27. The van der Waals surface area contributed by atoms with Gasteiger partial charge in [-0.3, -0.25) is 9.36 Å². The highest BCUT2D eigenvalue weighted by molar-refractivity contribution is 7.58. The van der Waals surface area contributed by atoms with E-state index in [2.05, 4.69) is 10.6 Å². The van der Waals surface area contributed by atoms with Crippen LogP contribution >= 0.6 is 7.37 Å². The molecule has 3 atom stereocenters. The summed E-state index contributed by atoms with van der Waals surface area (Å²) in [5.41, 5.74) is 0.848. The third kappa shape index (κ3) is 9.44. The summed E-state index contributed by atoms with van der Waals surface area (Å²) in [6.07, 6.45) is 6.25. The van der Waals surface area contributed by atoms with E-state index in [0.717, 1.165) is 31.2 Å². The van der Waals surface area contributed by atoms with Crippen LogP contribution in [-0.2, 0) is 20.7 Å². The van der Waals surface area contributed by atoms with Crippen LogP contribution in [0.3, 0.4) is 0 Å². The zero-order valence-corrected chi connectivity index (χ0v) is 19.6. The number of nitrogens with one attached hydrogen (secondary N) is 2. The predicted octanol–water partition coefficient (Wildman–Crippen LogP) is 4.64. The van der Waals surface area contributed by atoms with Crippen molar-refractivity contribution in [2.45, 2.75) is 77.2 Å². The molecule has 2 amide bonds. The summed E-state index contributed by atoms with van der Waals surface area (Å²) in [6, 6.07) is 8.89. The molecule has 0 aromatic heterocycles. The maximum Gasteiger partial charge on any atom is 0.408 e. The van der Waals surface area contributed by atoms with Crippen molar-refractivity contribution >= 4 is 19.9 Å². The molecule has 1 aliphatic rings. The Balaban J connectivity index is 2.06. The molecule has 1 fully saturated rings. The van der Waals surface area contributed by atoms with Crippen LogP contribution in [0, 0.1) is 11.8 Å². The molecule has 1 aliphatic carbocycles. The number of hydrogen-bond acceptors (Lipinski definition) is 4. The summed E-state index contributed by atoms with van der Waals surface area (Å²) in [6.45, 7) is 4.10. The molecule has 3 unspecified atom stereocenters. The normalized spacial score (nSPS) is 18.6. The van der Waals surface area contributed by atoms with Gasteiger partial charge in [-0.25, -0.2) is 4.79 Å². The standard InChI is InChI=1S/C23H37N2O5P/c1-18(2)13-21(24-17-26)16-31(28,29)22(14-19-9-5-3-6-10-19)25-23(27)30-15-20-11-7-4-8-12-20/h4,7-8,11-12,17-19,21-22H,3,5-6,9-10,13-16H2,1-2H3,(H,24,26)(H,25,27)(H,28,29). The van der Waals surface area contributed by atoms with Gasteiger partial charge in [-0.2, -0.15) is 0 Å². The highest BCUT2D eigenvalue weighted by atomic mass is 31.2. The molecule has 0 saturated heterocycles. The molecule has 0 aliphatic heterocycles. The third-order valence-electron chi connectivity index (χ3n) is 5.81. The van der Waals surface area contributed by atoms with Crippen molar-refractivity contribution in [2.24, 2.45) is 11.8 Å². The van der Waals surface area contributed by atoms with E-state index in [1.807, 2.05) is 44.2 Å². The van der Waals surface area contributed by atoms with Gasteiger partial charge in [0.15, 0.2) is 0 Å². The van der Waals surface area contributed by atoms with E-state index < -0.39 is 25.3 Å². The van der Waals surface area contributed by atoms with Gasteiger partial charge in [-0.1, -0.05) is 76.3 Å². The average Bonchev–Trinajstić information content (AvgIpc) is 2.73. The lowest BCUT2D eigenvalue weighted by molar-refractivity contribution is -0.110. The first-order chi connectivity index (χ1) is 14.8. The summed E-state index contributed by atoms with van der Waals surface area (Å²) in [5, 5.41) is 5.36. The summed E-state index contributed by atoms with van der Waals surface area (Å²) < 4.78 is 18.7. The Morgan fingerprint density at radius 1 is 1.23 bits per heavy atom. The van der Waals surface area contributed by atoms with Crippen molar-refractivity contribution < 1.29 is 23.8 Å². The second-order valence-electron chi connectivity index (χ2n) is 9.01. The molecule has 1 saturated carbocycles. The number of amides is 2. The maximum atomic E-state index is 13.4. The largest absolute Gasteiger partial charge is 0.445 e. The van der Waals surface area contributed by atoms with Crippen molar-refractivity contribution in [3.05, 3.63) is 35.9 Å². The van der Waals surface area contributed by atoms with Crippen molar-refractivity contribution in [1.82, 2.24) is 10.6 Å². The summed E-state index contributed by atoms with van der Waals surface area (Å²) in [5.74, 6) is -0.323. The van der Waals surface area contributed by atoms with Crippen LogP contribution < -0.4 is 10.6 Å². The van der Waals surface area contributed by atoms with Gasteiger partial charge in [0.05, 0.1) is 0 Å². The van der Waals surface area contributed by atoms with Gasteiger partial charge in [-0.15, -0.1) is 0 Å². The van der Waals surface area contributed by atoms with E-state index >= 15 is 0 Å². The number of carbonyl (C=O) groups is 2. The first-order valence-corrected chi connectivity index (χ1v) is 13.2. The molecular formula is C23H37N2O5P. The Morgan fingerprint density at radius 3 is 2.52 bits per heavy atom. The molecule has 174 valence electrons. The highest BCUT2D eigenvalue weighted by Gasteiger charge is 2.37. The van der Waals surface area contributed by atoms with Crippen molar-refractivity contribution in [2.75, 3.05) is 6.16 Å². The Kier molecular flexibility index (Phi) is 10.6. The molecule has 1 aromatic carbocycles. The van der Waals surface area contributed by atoms with E-state index in [1.165, 1.54) is 6.42 Å². The number of ether oxygens (including phenoxy) is 1. The van der Waals surface area contributed by atoms with Gasteiger partial charge in [0, 0.05) is 12.2 Å². The van der Waals surface area contributed by atoms with E-state index in [-0.39, 0.29) is 18.7 Å². The van der Waals surface area contributed by atoms with E-state index in [4.69, 9.17) is 4.74 Å². The van der Waals surface area contributed by atoms with Crippen LogP contribution in [0.4, 0.5) is 4.79 Å². The first-order valence-electron chi connectivity index (χ1n) is 11.3. The average molecular weight is 453 g/mol. The van der Waals surface area contributed by atoms with Crippen LogP contribution in [0.2, 0.25) is 0 Å². The first kappa shape index (κ1) is 25.4. The third-order valence-corrected chi connectivity index (χ3v) is 8.09. The van der Waals surface area contributed by atoms with Crippen LogP contribution in [0.5, 0.6) is 0 Å². The second-order valence-corrected chi connectivity index (χ2v) is 11.5. The molecule has 0 spiro atoms. The lowest BCUT2D eigenvalue weighted by atomic mass is 9.87. The van der Waals surface area contributed by atoms with Gasteiger partial charge in [0.1, 0.15) is 12.4 Å². The fraction of sp³-hybridized carbons (Fsp3) is 0.652. The van der Waals surface area contributed by atoms with Crippen molar-refractivity contribution in [3.63, 3.8) is 0 Å². The number of carbonyl (C=O) groups excluding carboxylic acids is 2.